The van der Waals surface area contributed by atoms with Crippen LogP contribution >= 0.6 is 0 Å². The summed E-state index contributed by atoms with van der Waals surface area (Å²) in [6.45, 7) is 8.45. The van der Waals surface area contributed by atoms with Gasteiger partial charge in [0.2, 0.25) is 0 Å². The zero-order valence-corrected chi connectivity index (χ0v) is 19.0. The number of carbonyl (C=O) groups is 1. The number of benzene rings is 1. The first-order valence-electron chi connectivity index (χ1n) is 10.5. The second kappa shape index (κ2) is 8.72. The van der Waals surface area contributed by atoms with E-state index in [4.69, 9.17) is 14.0 Å². The Labute approximate surface area is 186 Å². The number of aliphatic carboxylic acids is 1. The molecule has 2 saturated heterocycles. The molecule has 6 nitrogen and oxygen atoms in total. The largest absolute Gasteiger partial charge is 0.496 e. The van der Waals surface area contributed by atoms with Crippen molar-refractivity contribution in [2.75, 3.05) is 20.2 Å². The summed E-state index contributed by atoms with van der Waals surface area (Å²) in [5.41, 5.74) is -1.69. The Kier molecular flexibility index (Phi) is 6.71. The summed E-state index contributed by atoms with van der Waals surface area (Å²) in [4.78, 5) is 13.0. The first-order chi connectivity index (χ1) is 14.7. The van der Waals surface area contributed by atoms with Crippen molar-refractivity contribution in [1.82, 2.24) is 4.90 Å². The highest BCUT2D eigenvalue weighted by Crippen LogP contribution is 2.39. The first kappa shape index (κ1) is 24.6. The summed E-state index contributed by atoms with van der Waals surface area (Å²) in [6, 6.07) is 2.43. The van der Waals surface area contributed by atoms with Crippen LogP contribution in [0.3, 0.4) is 0 Å². The van der Waals surface area contributed by atoms with Gasteiger partial charge in [-0.2, -0.15) is 13.2 Å². The van der Waals surface area contributed by atoms with E-state index in [0.29, 0.717) is 30.8 Å². The lowest BCUT2D eigenvalue weighted by atomic mass is 9.88. The van der Waals surface area contributed by atoms with Crippen LogP contribution in [0.1, 0.15) is 50.8 Å². The molecule has 2 aliphatic heterocycles. The fraction of sp³-hybridized carbons (Fsp3) is 0.591. The van der Waals surface area contributed by atoms with Crippen molar-refractivity contribution in [1.29, 1.82) is 0 Å². The van der Waals surface area contributed by atoms with Gasteiger partial charge < -0.3 is 19.2 Å². The molecule has 1 atom stereocenters. The number of alkyl halides is 3. The Morgan fingerprint density at radius 3 is 2.41 bits per heavy atom. The number of carboxylic acids is 1. The number of ether oxygens (including phenoxy) is 1. The van der Waals surface area contributed by atoms with Gasteiger partial charge in [0.1, 0.15) is 5.75 Å². The predicted octanol–water partition coefficient (Wildman–Crippen LogP) is 4.27. The van der Waals surface area contributed by atoms with Crippen LogP contribution in [0.5, 0.6) is 5.75 Å². The summed E-state index contributed by atoms with van der Waals surface area (Å²) < 4.78 is 58.6. The first-order valence-corrected chi connectivity index (χ1v) is 10.5. The van der Waals surface area contributed by atoms with Crippen LogP contribution in [-0.4, -0.2) is 54.5 Å². The predicted molar refractivity (Wildman–Crippen MR) is 114 cm³/mol. The number of rotatable bonds is 6. The topological polar surface area (TPSA) is 68.2 Å². The molecule has 10 heteroatoms. The lowest BCUT2D eigenvalue weighted by Crippen LogP contribution is -2.41. The van der Waals surface area contributed by atoms with Crippen molar-refractivity contribution in [2.45, 2.75) is 58.0 Å². The Balaban J connectivity index is 1.88. The number of nitrogens with zero attached hydrogens (tertiary/aromatic N) is 1. The average Bonchev–Trinajstić information content (AvgIpc) is 3.21. The van der Waals surface area contributed by atoms with Gasteiger partial charge in [0.25, 0.3) is 0 Å². The van der Waals surface area contributed by atoms with Crippen LogP contribution in [0.2, 0.25) is 0 Å². The summed E-state index contributed by atoms with van der Waals surface area (Å²) in [5.74, 6) is 0.382. The molecule has 0 unspecified atom stereocenters. The van der Waals surface area contributed by atoms with Crippen molar-refractivity contribution >= 4 is 19.2 Å². The van der Waals surface area contributed by atoms with Crippen LogP contribution in [0.4, 0.5) is 13.2 Å². The minimum absolute atomic E-state index is 0.0577. The molecular formula is C22H29BF3NO5. The van der Waals surface area contributed by atoms with E-state index in [9.17, 15) is 23.1 Å². The van der Waals surface area contributed by atoms with Gasteiger partial charge in [-0.05, 0) is 58.4 Å². The third-order valence-corrected chi connectivity index (χ3v) is 6.48. The molecule has 0 saturated carbocycles. The standard InChI is InChI=1S/C22H29BF3NO5/c1-20(2)21(3,4)32-23(31-20)8-6-14-11-18(30-5)16(10-17(14)22(24,25)26)13-27-9-7-15(12-27)19(28)29/h6,8,10-11,15H,7,9,12-13H2,1-5H3,(H,28,29)/b8-6+/t15-/m1/s1. The smallest absolute Gasteiger partial charge is 0.487 e. The monoisotopic (exact) mass is 455 g/mol. The van der Waals surface area contributed by atoms with Gasteiger partial charge >= 0.3 is 19.3 Å². The van der Waals surface area contributed by atoms with E-state index >= 15 is 0 Å². The fourth-order valence-electron chi connectivity index (χ4n) is 3.91. The molecule has 2 fully saturated rings. The van der Waals surface area contributed by atoms with Crippen molar-refractivity contribution in [3.63, 3.8) is 0 Å². The number of likely N-dealkylation sites (tertiary alicyclic amines) is 1. The second-order valence-electron chi connectivity index (χ2n) is 9.29. The summed E-state index contributed by atoms with van der Waals surface area (Å²) >= 11 is 0. The van der Waals surface area contributed by atoms with Gasteiger partial charge in [-0.3, -0.25) is 9.69 Å². The number of hydrogen-bond acceptors (Lipinski definition) is 5. The molecule has 0 aliphatic carbocycles. The molecule has 1 aromatic carbocycles. The highest BCUT2D eigenvalue weighted by Gasteiger charge is 2.50. The maximum absolute atomic E-state index is 13.9. The molecular weight excluding hydrogens is 426 g/mol. The summed E-state index contributed by atoms with van der Waals surface area (Å²) in [7, 11) is 0.627. The van der Waals surface area contributed by atoms with Crippen molar-refractivity contribution in [3.8, 4) is 5.75 Å². The number of carboxylic acid groups (broad SMARTS) is 1. The molecule has 0 amide bonds. The Morgan fingerprint density at radius 2 is 1.91 bits per heavy atom. The summed E-state index contributed by atoms with van der Waals surface area (Å²) in [5, 5.41) is 9.17. The van der Waals surface area contributed by atoms with Gasteiger partial charge in [-0.15, -0.1) is 0 Å². The van der Waals surface area contributed by atoms with E-state index in [-0.39, 0.29) is 12.1 Å². The van der Waals surface area contributed by atoms with E-state index in [1.54, 1.807) is 0 Å². The van der Waals surface area contributed by atoms with Crippen molar-refractivity contribution in [3.05, 3.63) is 34.8 Å². The number of halogens is 3. The molecule has 2 heterocycles. The maximum Gasteiger partial charge on any atom is 0.487 e. The van der Waals surface area contributed by atoms with Crippen LogP contribution in [0.15, 0.2) is 18.1 Å². The molecule has 32 heavy (non-hydrogen) atoms. The van der Waals surface area contributed by atoms with Gasteiger partial charge in [-0.25, -0.2) is 0 Å². The van der Waals surface area contributed by atoms with Crippen LogP contribution in [0, 0.1) is 5.92 Å². The molecule has 0 spiro atoms. The van der Waals surface area contributed by atoms with E-state index < -0.39 is 41.9 Å². The van der Waals surface area contributed by atoms with E-state index in [0.717, 1.165) is 6.07 Å². The molecule has 176 valence electrons. The molecule has 2 aliphatic rings. The lowest BCUT2D eigenvalue weighted by molar-refractivity contribution is -0.141. The van der Waals surface area contributed by atoms with E-state index in [1.165, 1.54) is 25.2 Å². The molecule has 0 aromatic heterocycles. The minimum atomic E-state index is -4.58. The fourth-order valence-corrected chi connectivity index (χ4v) is 3.91. The average molecular weight is 455 g/mol. The minimum Gasteiger partial charge on any atom is -0.496 e. The highest BCUT2D eigenvalue weighted by molar-refractivity contribution is 6.52. The molecule has 1 N–H and O–H groups in total. The van der Waals surface area contributed by atoms with Gasteiger partial charge in [0, 0.05) is 18.7 Å². The van der Waals surface area contributed by atoms with Gasteiger partial charge in [-0.1, -0.05) is 12.1 Å². The number of hydrogen-bond donors (Lipinski definition) is 1. The van der Waals surface area contributed by atoms with Crippen LogP contribution in [0.25, 0.3) is 6.08 Å². The van der Waals surface area contributed by atoms with Crippen LogP contribution in [-0.2, 0) is 26.8 Å². The zero-order chi connectivity index (χ0) is 23.9. The normalized spacial score (nSPS) is 23.2. The molecule has 1 aromatic rings. The van der Waals surface area contributed by atoms with Gasteiger partial charge in [0.15, 0.2) is 0 Å². The van der Waals surface area contributed by atoms with E-state index in [2.05, 4.69) is 0 Å². The van der Waals surface area contributed by atoms with E-state index in [1.807, 2.05) is 32.6 Å². The van der Waals surface area contributed by atoms with Crippen molar-refractivity contribution in [2.24, 2.45) is 5.92 Å². The Hall–Kier alpha value is -2.04. The molecule has 0 radical (unpaired) electrons. The number of methoxy groups -OCH3 is 1. The Morgan fingerprint density at radius 1 is 1.28 bits per heavy atom. The lowest BCUT2D eigenvalue weighted by Gasteiger charge is -2.32. The summed E-state index contributed by atoms with van der Waals surface area (Å²) in [6.07, 6.45) is -2.77. The third-order valence-electron chi connectivity index (χ3n) is 6.48. The van der Waals surface area contributed by atoms with Crippen molar-refractivity contribution < 1.29 is 37.1 Å². The Bertz CT molecular complexity index is 884. The molecule has 0 bridgehead atoms. The SMILES string of the molecule is COc1cc(/C=C/B2OC(C)(C)C(C)(C)O2)c(C(F)(F)F)cc1CN1CC[C@@H](C(=O)O)C1. The third kappa shape index (κ3) is 5.13. The quantitative estimate of drug-likeness (QED) is 0.647. The maximum atomic E-state index is 13.9. The highest BCUT2D eigenvalue weighted by atomic mass is 19.4. The second-order valence-corrected chi connectivity index (χ2v) is 9.29. The van der Waals surface area contributed by atoms with Crippen LogP contribution < -0.4 is 4.74 Å². The van der Waals surface area contributed by atoms with Gasteiger partial charge in [0.05, 0.1) is 29.8 Å². The zero-order valence-electron chi connectivity index (χ0n) is 19.0. The molecule has 3 rings (SSSR count).